The van der Waals surface area contributed by atoms with E-state index in [1.807, 2.05) is 6.07 Å². The van der Waals surface area contributed by atoms with Crippen LogP contribution < -0.4 is 0 Å². The van der Waals surface area contributed by atoms with Crippen LogP contribution in [0.5, 0.6) is 0 Å². The minimum atomic E-state index is -3.52. The molecule has 4 rings (SSSR count). The van der Waals surface area contributed by atoms with E-state index in [0.29, 0.717) is 18.4 Å². The summed E-state index contributed by atoms with van der Waals surface area (Å²) in [5, 5.41) is 0.178. The Balaban J connectivity index is 1.66. The molecule has 5 nitrogen and oxygen atoms in total. The fraction of sp³-hybridized carbons (Fsp3) is 0.526. The highest BCUT2D eigenvalue weighted by atomic mass is 32.2. The van der Waals surface area contributed by atoms with E-state index >= 15 is 0 Å². The first-order chi connectivity index (χ1) is 12.1. The molecule has 134 valence electrons. The van der Waals surface area contributed by atoms with Gasteiger partial charge < -0.3 is 4.57 Å². The molecule has 0 spiro atoms. The summed E-state index contributed by atoms with van der Waals surface area (Å²) in [6, 6.07) is 10.7. The maximum atomic E-state index is 13.1. The Kier molecular flexibility index (Phi) is 4.41. The van der Waals surface area contributed by atoms with Crippen LogP contribution in [0.4, 0.5) is 0 Å². The molecule has 2 heterocycles. The van der Waals surface area contributed by atoms with Gasteiger partial charge in [-0.05, 0) is 36.7 Å². The number of hydrogen-bond acceptors (Lipinski definition) is 3. The van der Waals surface area contributed by atoms with Crippen molar-refractivity contribution >= 4 is 10.0 Å². The molecule has 2 aromatic rings. The molecule has 6 heteroatoms. The molecule has 1 aliphatic carbocycles. The third kappa shape index (κ3) is 3.02. The average molecular weight is 359 g/mol. The maximum absolute atomic E-state index is 13.1. The Morgan fingerprint density at radius 2 is 1.84 bits per heavy atom. The molecule has 0 N–H and O–H groups in total. The molecule has 25 heavy (non-hydrogen) atoms. The van der Waals surface area contributed by atoms with Crippen LogP contribution in [0, 0.1) is 5.92 Å². The number of nitrogens with zero attached hydrogens (tertiary/aromatic N) is 3. The summed E-state index contributed by atoms with van der Waals surface area (Å²) < 4.78 is 29.7. The normalized spacial score (nSPS) is 27.8. The van der Waals surface area contributed by atoms with Crippen molar-refractivity contribution in [2.45, 2.75) is 49.1 Å². The number of aromatic nitrogens is 2. The third-order valence-corrected chi connectivity index (χ3v) is 7.62. The van der Waals surface area contributed by atoms with E-state index in [9.17, 15) is 8.42 Å². The highest BCUT2D eigenvalue weighted by molar-refractivity contribution is 7.89. The molecule has 3 atom stereocenters. The minimum Gasteiger partial charge on any atom is -0.339 e. The number of benzene rings is 1. The molecule has 0 radical (unpaired) electrons. The van der Waals surface area contributed by atoms with Crippen molar-refractivity contribution in [3.8, 4) is 0 Å². The molecule has 2 aliphatic rings. The fourth-order valence-electron chi connectivity index (χ4n) is 4.67. The van der Waals surface area contributed by atoms with Crippen molar-refractivity contribution in [3.63, 3.8) is 0 Å². The summed E-state index contributed by atoms with van der Waals surface area (Å²) in [4.78, 5) is 4.11. The maximum Gasteiger partial charge on any atom is 0.262 e. The van der Waals surface area contributed by atoms with Gasteiger partial charge >= 0.3 is 0 Å². The Morgan fingerprint density at radius 3 is 2.56 bits per heavy atom. The van der Waals surface area contributed by atoms with Gasteiger partial charge in [-0.15, -0.1) is 0 Å². The Bertz CT molecular complexity index is 831. The van der Waals surface area contributed by atoms with E-state index in [1.54, 1.807) is 28.4 Å². The van der Waals surface area contributed by atoms with Crippen LogP contribution >= 0.6 is 0 Å². The lowest BCUT2D eigenvalue weighted by Crippen LogP contribution is -2.52. The van der Waals surface area contributed by atoms with Crippen molar-refractivity contribution in [1.82, 2.24) is 13.9 Å². The van der Waals surface area contributed by atoms with Gasteiger partial charge in [-0.1, -0.05) is 43.2 Å². The molecule has 0 amide bonds. The van der Waals surface area contributed by atoms with Crippen molar-refractivity contribution in [2.24, 2.45) is 13.0 Å². The number of hydrogen-bond donors (Lipinski definition) is 0. The second-order valence-electron chi connectivity index (χ2n) is 7.31. The van der Waals surface area contributed by atoms with Gasteiger partial charge in [0.05, 0.1) is 6.33 Å². The number of aryl methyl sites for hydroxylation is 1. The van der Waals surface area contributed by atoms with E-state index in [4.69, 9.17) is 0 Å². The second-order valence-corrected chi connectivity index (χ2v) is 9.15. The number of fused-ring (bicyclic) bond motifs is 1. The Hall–Kier alpha value is -1.66. The zero-order chi connectivity index (χ0) is 17.4. The summed E-state index contributed by atoms with van der Waals surface area (Å²) in [6.07, 6.45) is 8.42. The number of piperidine rings is 1. The number of imidazole rings is 1. The Labute approximate surface area is 149 Å². The smallest absolute Gasteiger partial charge is 0.262 e. The largest absolute Gasteiger partial charge is 0.339 e. The van der Waals surface area contributed by atoms with Gasteiger partial charge in [0.15, 0.2) is 5.03 Å². The highest BCUT2D eigenvalue weighted by Gasteiger charge is 2.45. The van der Waals surface area contributed by atoms with Gasteiger partial charge in [0.2, 0.25) is 0 Å². The molecular weight excluding hydrogens is 334 g/mol. The van der Waals surface area contributed by atoms with E-state index in [0.717, 1.165) is 25.7 Å². The molecule has 1 saturated heterocycles. The summed E-state index contributed by atoms with van der Waals surface area (Å²) in [5.74, 6) is 0.866. The van der Waals surface area contributed by atoms with Crippen molar-refractivity contribution in [2.75, 3.05) is 6.54 Å². The van der Waals surface area contributed by atoms with Crippen LogP contribution in [0.2, 0.25) is 0 Å². The average Bonchev–Trinajstić information content (AvgIpc) is 3.09. The topological polar surface area (TPSA) is 55.2 Å². The molecule has 1 saturated carbocycles. The van der Waals surface area contributed by atoms with Gasteiger partial charge in [0.1, 0.15) is 0 Å². The van der Waals surface area contributed by atoms with E-state index < -0.39 is 10.0 Å². The first-order valence-electron chi connectivity index (χ1n) is 9.12. The first-order valence-corrected chi connectivity index (χ1v) is 10.6. The molecule has 3 unspecified atom stereocenters. The standard InChI is InChI=1S/C19H25N3O2S/c1-21-13-19(20-14-21)25(23,24)22-12-11-16(15-7-3-2-4-8-15)17-9-5-6-10-18(17)22/h2-4,7-8,13-14,16-18H,5-6,9-12H2,1H3. The number of sulfonamides is 1. The van der Waals surface area contributed by atoms with Crippen LogP contribution in [0.1, 0.15) is 43.6 Å². The van der Waals surface area contributed by atoms with Gasteiger partial charge in [-0.2, -0.15) is 4.31 Å². The van der Waals surface area contributed by atoms with Crippen molar-refractivity contribution in [3.05, 3.63) is 48.4 Å². The molecule has 1 aromatic carbocycles. The Morgan fingerprint density at radius 1 is 1.08 bits per heavy atom. The third-order valence-electron chi connectivity index (χ3n) is 5.81. The van der Waals surface area contributed by atoms with Crippen LogP contribution in [0.15, 0.2) is 47.9 Å². The zero-order valence-electron chi connectivity index (χ0n) is 14.6. The van der Waals surface area contributed by atoms with E-state index in [-0.39, 0.29) is 11.1 Å². The summed E-state index contributed by atoms with van der Waals surface area (Å²) in [7, 11) is -1.71. The molecule has 1 aromatic heterocycles. The van der Waals surface area contributed by atoms with E-state index in [1.165, 1.54) is 12.0 Å². The predicted molar refractivity (Wildman–Crippen MR) is 96.6 cm³/mol. The fourth-order valence-corrected chi connectivity index (χ4v) is 6.35. The molecule has 1 aliphatic heterocycles. The lowest BCUT2D eigenvalue weighted by Gasteiger charge is -2.47. The zero-order valence-corrected chi connectivity index (χ0v) is 15.4. The lowest BCUT2D eigenvalue weighted by atomic mass is 9.70. The highest BCUT2D eigenvalue weighted by Crippen LogP contribution is 2.45. The van der Waals surface area contributed by atoms with Crippen molar-refractivity contribution < 1.29 is 8.42 Å². The summed E-state index contributed by atoms with van der Waals surface area (Å²) >= 11 is 0. The second kappa shape index (κ2) is 6.57. The monoisotopic (exact) mass is 359 g/mol. The number of rotatable bonds is 3. The van der Waals surface area contributed by atoms with Gasteiger partial charge in [-0.3, -0.25) is 0 Å². The lowest BCUT2D eigenvalue weighted by molar-refractivity contribution is 0.107. The van der Waals surface area contributed by atoms with E-state index in [2.05, 4.69) is 29.2 Å². The first kappa shape index (κ1) is 16.8. The predicted octanol–water partition coefficient (Wildman–Crippen LogP) is 3.16. The van der Waals surface area contributed by atoms with Gasteiger partial charge in [0.25, 0.3) is 10.0 Å². The van der Waals surface area contributed by atoms with Crippen LogP contribution in [0.3, 0.4) is 0 Å². The minimum absolute atomic E-state index is 0.0970. The summed E-state index contributed by atoms with van der Waals surface area (Å²) in [5.41, 5.74) is 1.36. The SMILES string of the molecule is Cn1cnc(S(=O)(=O)N2CCC(c3ccccc3)C3CCCCC32)c1. The molecule has 2 fully saturated rings. The van der Waals surface area contributed by atoms with Crippen LogP contribution in [-0.4, -0.2) is 34.9 Å². The summed E-state index contributed by atoms with van der Waals surface area (Å²) in [6.45, 7) is 0.583. The molecule has 0 bridgehead atoms. The van der Waals surface area contributed by atoms with Crippen LogP contribution in [-0.2, 0) is 17.1 Å². The van der Waals surface area contributed by atoms with Gasteiger partial charge in [0, 0.05) is 25.8 Å². The quantitative estimate of drug-likeness (QED) is 0.846. The molecular formula is C19H25N3O2S. The van der Waals surface area contributed by atoms with Crippen LogP contribution in [0.25, 0.3) is 0 Å². The van der Waals surface area contributed by atoms with Gasteiger partial charge in [-0.25, -0.2) is 13.4 Å². The van der Waals surface area contributed by atoms with Crippen molar-refractivity contribution in [1.29, 1.82) is 0 Å².